The maximum absolute atomic E-state index is 4.20. The molecule has 0 amide bonds. The van der Waals surface area contributed by atoms with Crippen molar-refractivity contribution in [2.75, 3.05) is 7.05 Å². The highest BCUT2D eigenvalue weighted by molar-refractivity contribution is 4.84. The van der Waals surface area contributed by atoms with E-state index in [2.05, 4.69) is 15.4 Å². The van der Waals surface area contributed by atoms with Crippen LogP contribution in [0.4, 0.5) is 0 Å². The van der Waals surface area contributed by atoms with E-state index in [0.717, 1.165) is 24.8 Å². The summed E-state index contributed by atoms with van der Waals surface area (Å²) in [5.74, 6) is 2.01. The lowest BCUT2D eigenvalue weighted by molar-refractivity contribution is 0.516. The highest BCUT2D eigenvalue weighted by Crippen LogP contribution is 2.32. The minimum Gasteiger partial charge on any atom is -0.313 e. The van der Waals surface area contributed by atoms with Gasteiger partial charge in [-0.15, -0.1) is 0 Å². The molecule has 1 aromatic heterocycles. The Labute approximate surface area is 78.4 Å². The average Bonchev–Trinajstić information content (AvgIpc) is 2.86. The first-order valence-electron chi connectivity index (χ1n) is 4.91. The highest BCUT2D eigenvalue weighted by Gasteiger charge is 2.21. The molecule has 0 aromatic carbocycles. The molecular weight excluding hydrogens is 164 g/mol. The van der Waals surface area contributed by atoms with Gasteiger partial charge in [0.2, 0.25) is 0 Å². The zero-order valence-corrected chi connectivity index (χ0v) is 8.03. The third kappa shape index (κ3) is 2.28. The molecule has 1 heterocycles. The Morgan fingerprint density at radius 1 is 1.62 bits per heavy atom. The van der Waals surface area contributed by atoms with Gasteiger partial charge in [0.15, 0.2) is 0 Å². The van der Waals surface area contributed by atoms with Crippen molar-refractivity contribution in [1.29, 1.82) is 0 Å². The number of rotatable bonds is 5. The van der Waals surface area contributed by atoms with Gasteiger partial charge in [-0.3, -0.25) is 0 Å². The summed E-state index contributed by atoms with van der Waals surface area (Å²) in [6, 6.07) is 0. The van der Waals surface area contributed by atoms with E-state index in [1.807, 2.05) is 11.7 Å². The van der Waals surface area contributed by atoms with Gasteiger partial charge < -0.3 is 5.32 Å². The molecule has 4 heteroatoms. The Balaban J connectivity index is 1.88. The topological polar surface area (TPSA) is 42.7 Å². The SMILES string of the molecule is CNCc1ncnn1CCC1CC1. The van der Waals surface area contributed by atoms with Crippen LogP contribution in [0.3, 0.4) is 0 Å². The van der Waals surface area contributed by atoms with Crippen molar-refractivity contribution in [3.05, 3.63) is 12.2 Å². The molecule has 0 atom stereocenters. The Kier molecular flexibility index (Phi) is 2.59. The van der Waals surface area contributed by atoms with Crippen LogP contribution < -0.4 is 5.32 Å². The molecule has 0 aliphatic heterocycles. The lowest BCUT2D eigenvalue weighted by atomic mass is 10.3. The molecule has 1 aliphatic carbocycles. The largest absolute Gasteiger partial charge is 0.313 e. The smallest absolute Gasteiger partial charge is 0.140 e. The summed E-state index contributed by atoms with van der Waals surface area (Å²) in [6.45, 7) is 1.84. The van der Waals surface area contributed by atoms with Gasteiger partial charge in [0, 0.05) is 6.54 Å². The quantitative estimate of drug-likeness (QED) is 0.728. The summed E-state index contributed by atoms with van der Waals surface area (Å²) in [5.41, 5.74) is 0. The molecule has 0 radical (unpaired) electrons. The molecule has 1 aliphatic rings. The van der Waals surface area contributed by atoms with Crippen LogP contribution in [-0.4, -0.2) is 21.8 Å². The second kappa shape index (κ2) is 3.87. The molecule has 72 valence electrons. The van der Waals surface area contributed by atoms with Crippen molar-refractivity contribution in [2.45, 2.75) is 32.4 Å². The molecule has 0 bridgehead atoms. The number of hydrogen-bond acceptors (Lipinski definition) is 3. The van der Waals surface area contributed by atoms with Gasteiger partial charge in [0.25, 0.3) is 0 Å². The fourth-order valence-corrected chi connectivity index (χ4v) is 1.48. The van der Waals surface area contributed by atoms with Gasteiger partial charge in [-0.2, -0.15) is 5.10 Å². The molecule has 0 unspecified atom stereocenters. The summed E-state index contributed by atoms with van der Waals surface area (Å²) < 4.78 is 2.01. The van der Waals surface area contributed by atoms with Crippen molar-refractivity contribution in [2.24, 2.45) is 5.92 Å². The summed E-state index contributed by atoms with van der Waals surface area (Å²) in [5, 5.41) is 7.29. The van der Waals surface area contributed by atoms with Crippen molar-refractivity contribution >= 4 is 0 Å². The minimum atomic E-state index is 0.810. The van der Waals surface area contributed by atoms with E-state index in [0.29, 0.717) is 0 Å². The summed E-state index contributed by atoms with van der Waals surface area (Å²) in [6.07, 6.45) is 5.73. The van der Waals surface area contributed by atoms with Crippen LogP contribution in [-0.2, 0) is 13.1 Å². The van der Waals surface area contributed by atoms with Crippen molar-refractivity contribution in [3.8, 4) is 0 Å². The van der Waals surface area contributed by atoms with Gasteiger partial charge in [-0.05, 0) is 19.4 Å². The predicted molar refractivity (Wildman–Crippen MR) is 50.1 cm³/mol. The Bertz CT molecular complexity index is 264. The van der Waals surface area contributed by atoms with Crippen LogP contribution in [0.15, 0.2) is 6.33 Å². The van der Waals surface area contributed by atoms with E-state index in [1.165, 1.54) is 19.3 Å². The molecule has 1 fully saturated rings. The van der Waals surface area contributed by atoms with Gasteiger partial charge >= 0.3 is 0 Å². The van der Waals surface area contributed by atoms with Gasteiger partial charge in [0.05, 0.1) is 6.54 Å². The zero-order valence-electron chi connectivity index (χ0n) is 8.03. The van der Waals surface area contributed by atoms with Gasteiger partial charge in [0.1, 0.15) is 12.2 Å². The van der Waals surface area contributed by atoms with E-state index in [-0.39, 0.29) is 0 Å². The third-order valence-electron chi connectivity index (χ3n) is 2.48. The molecule has 2 rings (SSSR count). The first-order chi connectivity index (χ1) is 6.40. The maximum atomic E-state index is 4.20. The number of hydrogen-bond donors (Lipinski definition) is 1. The predicted octanol–water partition coefficient (Wildman–Crippen LogP) is 0.798. The monoisotopic (exact) mass is 180 g/mol. The molecule has 13 heavy (non-hydrogen) atoms. The highest BCUT2D eigenvalue weighted by atomic mass is 15.3. The summed E-state index contributed by atoms with van der Waals surface area (Å²) in [7, 11) is 1.93. The number of nitrogens with zero attached hydrogens (tertiary/aromatic N) is 3. The number of aryl methyl sites for hydroxylation is 1. The molecule has 1 aromatic rings. The van der Waals surface area contributed by atoms with Crippen LogP contribution in [0.2, 0.25) is 0 Å². The fourth-order valence-electron chi connectivity index (χ4n) is 1.48. The van der Waals surface area contributed by atoms with Crippen molar-refractivity contribution in [3.63, 3.8) is 0 Å². The lowest BCUT2D eigenvalue weighted by Crippen LogP contribution is -2.13. The molecule has 1 N–H and O–H groups in total. The van der Waals surface area contributed by atoms with E-state index in [4.69, 9.17) is 0 Å². The number of aromatic nitrogens is 3. The van der Waals surface area contributed by atoms with Crippen molar-refractivity contribution < 1.29 is 0 Å². The molecular formula is C9H16N4. The molecule has 1 saturated carbocycles. The van der Waals surface area contributed by atoms with Crippen molar-refractivity contribution in [1.82, 2.24) is 20.1 Å². The van der Waals surface area contributed by atoms with E-state index < -0.39 is 0 Å². The second-order valence-corrected chi connectivity index (χ2v) is 3.66. The third-order valence-corrected chi connectivity index (χ3v) is 2.48. The van der Waals surface area contributed by atoms with E-state index in [9.17, 15) is 0 Å². The Morgan fingerprint density at radius 2 is 2.46 bits per heavy atom. The maximum Gasteiger partial charge on any atom is 0.140 e. The first kappa shape index (κ1) is 8.69. The lowest BCUT2D eigenvalue weighted by Gasteiger charge is -2.04. The normalized spacial score (nSPS) is 16.4. The van der Waals surface area contributed by atoms with Crippen LogP contribution in [0.1, 0.15) is 25.1 Å². The molecule has 4 nitrogen and oxygen atoms in total. The molecule has 0 saturated heterocycles. The minimum absolute atomic E-state index is 0.810. The number of nitrogens with one attached hydrogen (secondary N) is 1. The van der Waals surface area contributed by atoms with Crippen LogP contribution in [0.5, 0.6) is 0 Å². The summed E-state index contributed by atoms with van der Waals surface area (Å²) in [4.78, 5) is 4.19. The molecule has 0 spiro atoms. The van der Waals surface area contributed by atoms with E-state index in [1.54, 1.807) is 6.33 Å². The van der Waals surface area contributed by atoms with E-state index >= 15 is 0 Å². The zero-order chi connectivity index (χ0) is 9.10. The standard InChI is InChI=1S/C9H16N4/c1-10-6-9-11-7-12-13(9)5-4-8-2-3-8/h7-8,10H,2-6H2,1H3. The van der Waals surface area contributed by atoms with Crippen LogP contribution >= 0.6 is 0 Å². The first-order valence-corrected chi connectivity index (χ1v) is 4.91. The summed E-state index contributed by atoms with van der Waals surface area (Å²) >= 11 is 0. The Hall–Kier alpha value is -0.900. The average molecular weight is 180 g/mol. The van der Waals surface area contributed by atoms with Gasteiger partial charge in [-0.25, -0.2) is 9.67 Å². The van der Waals surface area contributed by atoms with Gasteiger partial charge in [-0.1, -0.05) is 12.8 Å². The fraction of sp³-hybridized carbons (Fsp3) is 0.778. The second-order valence-electron chi connectivity index (χ2n) is 3.66. The van der Waals surface area contributed by atoms with Crippen LogP contribution in [0.25, 0.3) is 0 Å². The Morgan fingerprint density at radius 3 is 3.15 bits per heavy atom. The van der Waals surface area contributed by atoms with Crippen LogP contribution in [0, 0.1) is 5.92 Å².